The highest BCUT2D eigenvalue weighted by atomic mass is 32.2. The second-order valence-corrected chi connectivity index (χ2v) is 8.74. The van der Waals surface area contributed by atoms with Crippen molar-refractivity contribution in [1.82, 2.24) is 4.72 Å². The molecule has 1 heterocycles. The Kier molecular flexibility index (Phi) is 5.72. The van der Waals surface area contributed by atoms with E-state index < -0.39 is 10.0 Å². The topological polar surface area (TPSA) is 55.4 Å². The zero-order valence-electron chi connectivity index (χ0n) is 13.6. The Bertz CT molecular complexity index is 582. The third-order valence-electron chi connectivity index (χ3n) is 5.13. The van der Waals surface area contributed by atoms with Gasteiger partial charge in [-0.3, -0.25) is 0 Å². The molecule has 2 aliphatic rings. The molecule has 1 aliphatic heterocycles. The molecule has 2 atom stereocenters. The molecule has 1 aromatic carbocycles. The first-order valence-corrected chi connectivity index (χ1v) is 10.4. The second-order valence-electron chi connectivity index (χ2n) is 6.94. The summed E-state index contributed by atoms with van der Waals surface area (Å²) in [5, 5.41) is 0. The molecule has 3 rings (SSSR count). The molecule has 0 radical (unpaired) electrons. The van der Waals surface area contributed by atoms with Crippen LogP contribution in [0.15, 0.2) is 30.3 Å². The summed E-state index contributed by atoms with van der Waals surface area (Å²) < 4.78 is 33.3. The maximum atomic E-state index is 12.5. The largest absolute Gasteiger partial charge is 0.381 e. The highest BCUT2D eigenvalue weighted by Gasteiger charge is 2.32. The molecule has 1 aromatic rings. The van der Waals surface area contributed by atoms with Crippen LogP contribution in [0.1, 0.15) is 37.7 Å². The number of nitrogens with one attached hydrogen (secondary N) is 1. The molecular weight excluding hydrogens is 310 g/mol. The highest BCUT2D eigenvalue weighted by molar-refractivity contribution is 7.89. The number of hydrogen-bond acceptors (Lipinski definition) is 3. The van der Waals surface area contributed by atoms with E-state index in [-0.39, 0.29) is 17.7 Å². The Labute approximate surface area is 139 Å². The van der Waals surface area contributed by atoms with Crippen molar-refractivity contribution in [3.05, 3.63) is 35.9 Å². The molecule has 128 valence electrons. The predicted molar refractivity (Wildman–Crippen MR) is 91.7 cm³/mol. The van der Waals surface area contributed by atoms with Crippen molar-refractivity contribution < 1.29 is 13.2 Å². The van der Waals surface area contributed by atoms with Crippen LogP contribution in [0, 0.1) is 11.8 Å². The minimum absolute atomic E-state index is 0.0973. The quantitative estimate of drug-likeness (QED) is 0.868. The smallest absolute Gasteiger partial charge is 0.212 e. The third-order valence-corrected chi connectivity index (χ3v) is 6.70. The van der Waals surface area contributed by atoms with Gasteiger partial charge in [-0.25, -0.2) is 13.1 Å². The summed E-state index contributed by atoms with van der Waals surface area (Å²) >= 11 is 0. The van der Waals surface area contributed by atoms with Crippen LogP contribution in [0.4, 0.5) is 0 Å². The minimum atomic E-state index is -3.20. The molecule has 1 N–H and O–H groups in total. The first kappa shape index (κ1) is 16.9. The number of hydrogen-bond donors (Lipinski definition) is 1. The lowest BCUT2D eigenvalue weighted by molar-refractivity contribution is 0.0722. The lowest BCUT2D eigenvalue weighted by Gasteiger charge is -2.25. The van der Waals surface area contributed by atoms with Crippen molar-refractivity contribution in [2.45, 2.75) is 44.6 Å². The minimum Gasteiger partial charge on any atom is -0.381 e. The van der Waals surface area contributed by atoms with Gasteiger partial charge in [-0.15, -0.1) is 0 Å². The molecular formula is C18H27NO3S. The molecule has 1 saturated heterocycles. The van der Waals surface area contributed by atoms with Gasteiger partial charge in [0.2, 0.25) is 10.0 Å². The van der Waals surface area contributed by atoms with Crippen molar-refractivity contribution in [2.24, 2.45) is 11.8 Å². The van der Waals surface area contributed by atoms with Gasteiger partial charge in [0.1, 0.15) is 0 Å². The molecule has 4 nitrogen and oxygen atoms in total. The van der Waals surface area contributed by atoms with Gasteiger partial charge in [-0.2, -0.15) is 0 Å². The monoisotopic (exact) mass is 337 g/mol. The van der Waals surface area contributed by atoms with Crippen molar-refractivity contribution in [2.75, 3.05) is 19.0 Å². The van der Waals surface area contributed by atoms with Crippen molar-refractivity contribution in [3.63, 3.8) is 0 Å². The van der Waals surface area contributed by atoms with E-state index >= 15 is 0 Å². The van der Waals surface area contributed by atoms with Crippen LogP contribution in [-0.2, 0) is 21.2 Å². The number of benzene rings is 1. The van der Waals surface area contributed by atoms with Crippen LogP contribution in [0.3, 0.4) is 0 Å². The van der Waals surface area contributed by atoms with E-state index in [1.807, 2.05) is 6.07 Å². The number of sulfonamides is 1. The highest BCUT2D eigenvalue weighted by Crippen LogP contribution is 2.29. The first-order valence-electron chi connectivity index (χ1n) is 8.74. The van der Waals surface area contributed by atoms with Gasteiger partial charge in [-0.1, -0.05) is 36.8 Å². The summed E-state index contributed by atoms with van der Waals surface area (Å²) in [4.78, 5) is 0. The molecule has 0 spiro atoms. The summed E-state index contributed by atoms with van der Waals surface area (Å²) in [7, 11) is -3.20. The molecule has 1 saturated carbocycles. The summed E-state index contributed by atoms with van der Waals surface area (Å²) in [6.45, 7) is 1.39. The average molecular weight is 337 g/mol. The van der Waals surface area contributed by atoms with Gasteiger partial charge < -0.3 is 4.74 Å². The van der Waals surface area contributed by atoms with Crippen LogP contribution in [0.5, 0.6) is 0 Å². The van der Waals surface area contributed by atoms with Crippen LogP contribution >= 0.6 is 0 Å². The molecule has 23 heavy (non-hydrogen) atoms. The van der Waals surface area contributed by atoms with Gasteiger partial charge >= 0.3 is 0 Å². The van der Waals surface area contributed by atoms with Crippen LogP contribution in [-0.4, -0.2) is 33.4 Å². The Hall–Kier alpha value is -0.910. The first-order chi connectivity index (χ1) is 11.1. The lowest BCUT2D eigenvalue weighted by atomic mass is 9.95. The lowest BCUT2D eigenvalue weighted by Crippen LogP contribution is -2.41. The van der Waals surface area contributed by atoms with E-state index in [1.165, 1.54) is 5.56 Å². The fraction of sp³-hybridized carbons (Fsp3) is 0.667. The molecule has 2 fully saturated rings. The van der Waals surface area contributed by atoms with Crippen LogP contribution in [0.2, 0.25) is 0 Å². The van der Waals surface area contributed by atoms with E-state index in [0.717, 1.165) is 38.5 Å². The summed E-state index contributed by atoms with van der Waals surface area (Å²) in [5.41, 5.74) is 1.30. The molecule has 5 heteroatoms. The van der Waals surface area contributed by atoms with Gasteiger partial charge in [0.15, 0.2) is 0 Å². The van der Waals surface area contributed by atoms with E-state index in [9.17, 15) is 8.42 Å². The van der Waals surface area contributed by atoms with Crippen LogP contribution < -0.4 is 4.72 Å². The fourth-order valence-corrected chi connectivity index (χ4v) is 5.68. The fourth-order valence-electron chi connectivity index (χ4n) is 3.86. The van der Waals surface area contributed by atoms with Gasteiger partial charge in [0, 0.05) is 19.3 Å². The summed E-state index contributed by atoms with van der Waals surface area (Å²) in [5.74, 6) is 0.919. The maximum Gasteiger partial charge on any atom is 0.212 e. The average Bonchev–Trinajstić information content (AvgIpc) is 2.95. The van der Waals surface area contributed by atoms with E-state index in [1.54, 1.807) is 0 Å². The Morgan fingerprint density at radius 1 is 1.04 bits per heavy atom. The Morgan fingerprint density at radius 2 is 1.78 bits per heavy atom. The third kappa shape index (κ3) is 5.03. The zero-order valence-corrected chi connectivity index (χ0v) is 14.4. The SMILES string of the molecule is O=S(=O)(CC1CCOCC1)N[C@@H]1CCC[C@@H]1Cc1ccccc1. The van der Waals surface area contributed by atoms with Crippen molar-refractivity contribution in [1.29, 1.82) is 0 Å². The summed E-state index contributed by atoms with van der Waals surface area (Å²) in [6, 6.07) is 10.5. The number of rotatable bonds is 6. The summed E-state index contributed by atoms with van der Waals surface area (Å²) in [6.07, 6.45) is 5.87. The molecule has 0 bridgehead atoms. The van der Waals surface area contributed by atoms with E-state index in [0.29, 0.717) is 19.1 Å². The second kappa shape index (κ2) is 7.77. The van der Waals surface area contributed by atoms with Gasteiger partial charge in [-0.05, 0) is 49.5 Å². The molecule has 0 aromatic heterocycles. The van der Waals surface area contributed by atoms with Crippen LogP contribution in [0.25, 0.3) is 0 Å². The standard InChI is InChI=1S/C18H27NO3S/c20-23(21,14-16-9-11-22-12-10-16)19-18-8-4-7-17(18)13-15-5-2-1-3-6-15/h1-3,5-6,16-19H,4,7-14H2/t17-,18-/m1/s1. The van der Waals surface area contributed by atoms with E-state index in [2.05, 4.69) is 29.0 Å². The van der Waals surface area contributed by atoms with Crippen molar-refractivity contribution in [3.8, 4) is 0 Å². The Balaban J connectivity index is 1.56. The normalized spacial score (nSPS) is 26.4. The Morgan fingerprint density at radius 3 is 2.52 bits per heavy atom. The molecule has 0 amide bonds. The van der Waals surface area contributed by atoms with Gasteiger partial charge in [0.05, 0.1) is 5.75 Å². The maximum absolute atomic E-state index is 12.5. The number of ether oxygens (including phenoxy) is 1. The molecule has 0 unspecified atom stereocenters. The van der Waals surface area contributed by atoms with Crippen molar-refractivity contribution >= 4 is 10.0 Å². The van der Waals surface area contributed by atoms with E-state index in [4.69, 9.17) is 4.74 Å². The zero-order chi connectivity index (χ0) is 16.1. The van der Waals surface area contributed by atoms with Gasteiger partial charge in [0.25, 0.3) is 0 Å². The predicted octanol–water partition coefficient (Wildman–Crippen LogP) is 2.74. The molecule has 1 aliphatic carbocycles.